The molecule has 32 heavy (non-hydrogen) atoms. The van der Waals surface area contributed by atoms with Gasteiger partial charge in [0.15, 0.2) is 0 Å². The van der Waals surface area contributed by atoms with Crippen molar-refractivity contribution in [3.63, 3.8) is 0 Å². The number of carboxylic acids is 4. The van der Waals surface area contributed by atoms with Gasteiger partial charge in [0, 0.05) is 51.4 Å². The van der Waals surface area contributed by atoms with Gasteiger partial charge in [0.2, 0.25) is 0 Å². The van der Waals surface area contributed by atoms with Gasteiger partial charge in [-0.1, -0.05) is 6.42 Å². The first-order chi connectivity index (χ1) is 14.6. The second-order valence-electron chi connectivity index (χ2n) is 8.23. The molecule has 2 fully saturated rings. The van der Waals surface area contributed by atoms with Gasteiger partial charge in [-0.15, -0.1) is 0 Å². The standard InChI is InChI=1S/C19H32N4O8.Gd/c24-16(25)10-20-4-6-21(11-17(26)27)8-14-2-1-3-15(23(14)13-19(30)31)9-22(7-5-20)12-18(28)29;/h14-15H,1-13H2,(H,24,25)(H,26,27)(H,28,29)(H,30,31);/q;+3/t14-,15+;. The summed E-state index contributed by atoms with van der Waals surface area (Å²) >= 11 is 0. The molecule has 0 unspecified atom stereocenters. The minimum Gasteiger partial charge on any atom is -0.480 e. The van der Waals surface area contributed by atoms with Gasteiger partial charge < -0.3 is 20.4 Å². The van der Waals surface area contributed by atoms with Gasteiger partial charge in [-0.05, 0) is 12.8 Å². The molecule has 0 saturated carbocycles. The topological polar surface area (TPSA) is 162 Å². The molecule has 2 rings (SSSR count). The van der Waals surface area contributed by atoms with Crippen molar-refractivity contribution in [3.05, 3.63) is 0 Å². The molecule has 0 aromatic carbocycles. The van der Waals surface area contributed by atoms with E-state index >= 15 is 0 Å². The summed E-state index contributed by atoms with van der Waals surface area (Å²) in [5.41, 5.74) is 0. The quantitative estimate of drug-likeness (QED) is 0.254. The minimum atomic E-state index is -1.01. The Balaban J connectivity index is 0.00000512. The van der Waals surface area contributed by atoms with Gasteiger partial charge in [-0.25, -0.2) is 0 Å². The Morgan fingerprint density at radius 3 is 1.31 bits per heavy atom. The molecule has 0 aliphatic carbocycles. The van der Waals surface area contributed by atoms with E-state index in [2.05, 4.69) is 0 Å². The van der Waals surface area contributed by atoms with Crippen LogP contribution in [0.5, 0.6) is 0 Å². The van der Waals surface area contributed by atoms with Crippen LogP contribution in [0.15, 0.2) is 0 Å². The summed E-state index contributed by atoms with van der Waals surface area (Å²) in [6, 6.07) is -0.346. The number of rotatable bonds is 8. The Morgan fingerprint density at radius 2 is 0.938 bits per heavy atom. The van der Waals surface area contributed by atoms with E-state index < -0.39 is 23.9 Å². The molecule has 2 heterocycles. The predicted molar refractivity (Wildman–Crippen MR) is 108 cm³/mol. The van der Waals surface area contributed by atoms with E-state index in [0.717, 1.165) is 19.3 Å². The van der Waals surface area contributed by atoms with Crippen molar-refractivity contribution in [2.24, 2.45) is 0 Å². The van der Waals surface area contributed by atoms with Crippen LogP contribution >= 0.6 is 0 Å². The number of hydrogen-bond acceptors (Lipinski definition) is 8. The number of hydrogen-bond donors (Lipinski definition) is 4. The number of nitrogens with zero attached hydrogens (tertiary/aromatic N) is 4. The minimum absolute atomic E-state index is 0. The van der Waals surface area contributed by atoms with Crippen LogP contribution in [-0.2, 0) is 19.2 Å². The van der Waals surface area contributed by atoms with Crippen LogP contribution in [-0.4, -0.2) is 141 Å². The summed E-state index contributed by atoms with van der Waals surface area (Å²) in [7, 11) is 0. The second kappa shape index (κ2) is 14.3. The maximum atomic E-state index is 11.5. The van der Waals surface area contributed by atoms with Crippen LogP contribution in [0.1, 0.15) is 19.3 Å². The summed E-state index contributed by atoms with van der Waals surface area (Å²) < 4.78 is 0. The summed E-state index contributed by atoms with van der Waals surface area (Å²) in [6.45, 7) is 1.14. The van der Waals surface area contributed by atoms with Crippen molar-refractivity contribution >= 4 is 23.9 Å². The molecule has 13 heteroatoms. The van der Waals surface area contributed by atoms with Crippen LogP contribution in [0, 0.1) is 39.9 Å². The van der Waals surface area contributed by atoms with Crippen molar-refractivity contribution < 1.29 is 79.5 Å². The molecule has 2 atom stereocenters. The predicted octanol–water partition coefficient (Wildman–Crippen LogP) is -1.53. The van der Waals surface area contributed by atoms with E-state index in [4.69, 9.17) is 0 Å². The molecule has 2 aliphatic rings. The first-order valence-corrected chi connectivity index (χ1v) is 10.4. The molecule has 2 aliphatic heterocycles. The summed E-state index contributed by atoms with van der Waals surface area (Å²) in [4.78, 5) is 52.5. The third-order valence-corrected chi connectivity index (χ3v) is 5.81. The molecular formula is C19H32GdN4O8+3. The smallest absolute Gasteiger partial charge is 0.480 e. The Bertz CT molecular complexity index is 629. The van der Waals surface area contributed by atoms with Gasteiger partial charge >= 0.3 is 63.8 Å². The Kier molecular flexibility index (Phi) is 13.0. The number of aliphatic carboxylic acids is 4. The molecule has 0 aromatic heterocycles. The molecule has 2 saturated heterocycles. The first kappa shape index (κ1) is 29.1. The molecule has 2 bridgehead atoms. The summed E-state index contributed by atoms with van der Waals surface area (Å²) in [5, 5.41) is 37.2. The Labute approximate surface area is 218 Å². The van der Waals surface area contributed by atoms with Gasteiger partial charge in [-0.3, -0.25) is 38.8 Å². The molecule has 4 N–H and O–H groups in total. The van der Waals surface area contributed by atoms with Crippen LogP contribution < -0.4 is 0 Å². The number of piperidine rings is 1. The van der Waals surface area contributed by atoms with E-state index in [1.165, 1.54) is 0 Å². The van der Waals surface area contributed by atoms with Crippen molar-refractivity contribution in [1.82, 2.24) is 19.6 Å². The van der Waals surface area contributed by atoms with Crippen molar-refractivity contribution in [1.29, 1.82) is 0 Å². The average Bonchev–Trinajstić information content (AvgIpc) is 2.63. The zero-order valence-corrected chi connectivity index (χ0v) is 20.2. The number of fused-ring (bicyclic) bond motifs is 2. The molecule has 0 amide bonds. The fourth-order valence-electron chi connectivity index (χ4n) is 4.50. The van der Waals surface area contributed by atoms with E-state index in [9.17, 15) is 39.6 Å². The molecule has 1 radical (unpaired) electrons. The average molecular weight is 602 g/mol. The van der Waals surface area contributed by atoms with Crippen LogP contribution in [0.25, 0.3) is 0 Å². The van der Waals surface area contributed by atoms with E-state index in [1.54, 1.807) is 14.7 Å². The van der Waals surface area contributed by atoms with E-state index in [1.807, 2.05) is 4.90 Å². The van der Waals surface area contributed by atoms with E-state index in [0.29, 0.717) is 39.3 Å². The largest absolute Gasteiger partial charge is 3.00 e. The second-order valence-corrected chi connectivity index (χ2v) is 8.23. The molecule has 12 nitrogen and oxygen atoms in total. The maximum absolute atomic E-state index is 11.5. The number of carboxylic acid groups (broad SMARTS) is 4. The summed E-state index contributed by atoms with van der Waals surface area (Å²) in [6.07, 6.45) is 2.29. The SMILES string of the molecule is O=C(O)CN1CCN(CC(=O)O)C[C@H]2CCC[C@@H](CN(CC(=O)O)CC1)N2CC(=O)O.[Gd+3]. The third kappa shape index (κ3) is 10.3. The van der Waals surface area contributed by atoms with Gasteiger partial charge in [0.1, 0.15) is 0 Å². The fourth-order valence-corrected chi connectivity index (χ4v) is 4.50. The maximum Gasteiger partial charge on any atom is 3.00 e. The zero-order chi connectivity index (χ0) is 23.0. The van der Waals surface area contributed by atoms with Crippen LogP contribution in [0.3, 0.4) is 0 Å². The van der Waals surface area contributed by atoms with Crippen molar-refractivity contribution in [2.45, 2.75) is 31.3 Å². The van der Waals surface area contributed by atoms with Gasteiger partial charge in [0.25, 0.3) is 0 Å². The van der Waals surface area contributed by atoms with Crippen molar-refractivity contribution in [3.8, 4) is 0 Å². The molecule has 181 valence electrons. The molecule has 0 aromatic rings. The molecule has 0 spiro atoms. The van der Waals surface area contributed by atoms with Crippen LogP contribution in [0.4, 0.5) is 0 Å². The van der Waals surface area contributed by atoms with Gasteiger partial charge in [-0.2, -0.15) is 0 Å². The third-order valence-electron chi connectivity index (χ3n) is 5.81. The van der Waals surface area contributed by atoms with Crippen LogP contribution in [0.2, 0.25) is 0 Å². The normalized spacial score (nSPS) is 24.5. The van der Waals surface area contributed by atoms with E-state index in [-0.39, 0.29) is 78.2 Å². The summed E-state index contributed by atoms with van der Waals surface area (Å²) in [5.74, 6) is -3.99. The number of carbonyl (C=O) groups is 4. The first-order valence-electron chi connectivity index (χ1n) is 10.4. The Morgan fingerprint density at radius 1 is 0.594 bits per heavy atom. The zero-order valence-electron chi connectivity index (χ0n) is 17.9. The Hall–Kier alpha value is -0.955. The van der Waals surface area contributed by atoms with Gasteiger partial charge in [0.05, 0.1) is 26.2 Å². The van der Waals surface area contributed by atoms with Crippen molar-refractivity contribution in [2.75, 3.05) is 65.4 Å². The molecular weight excluding hydrogens is 569 g/mol. The fraction of sp³-hybridized carbons (Fsp3) is 0.789. The monoisotopic (exact) mass is 602 g/mol.